The summed E-state index contributed by atoms with van der Waals surface area (Å²) in [6.45, 7) is 3.00. The topological polar surface area (TPSA) is 69.7 Å². The van der Waals surface area contributed by atoms with E-state index >= 15 is 0 Å². The van der Waals surface area contributed by atoms with Crippen molar-refractivity contribution in [3.63, 3.8) is 0 Å². The highest BCUT2D eigenvalue weighted by Crippen LogP contribution is 2.26. The summed E-state index contributed by atoms with van der Waals surface area (Å²) in [6.07, 6.45) is 0. The fourth-order valence-corrected chi connectivity index (χ4v) is 4.83. The fourth-order valence-electron chi connectivity index (χ4n) is 3.66. The van der Waals surface area contributed by atoms with E-state index in [1.165, 1.54) is 0 Å². The summed E-state index contributed by atoms with van der Waals surface area (Å²) in [7, 11) is 0. The average molecular weight is 410 g/mol. The molecule has 0 radical (unpaired) electrons. The van der Waals surface area contributed by atoms with Crippen LogP contribution >= 0.6 is 11.8 Å². The number of aryl methyl sites for hydroxylation is 1. The molecule has 6 nitrogen and oxygen atoms in total. The first-order valence-electron chi connectivity index (χ1n) is 9.60. The Bertz CT molecular complexity index is 945. The second-order valence-corrected chi connectivity index (χ2v) is 8.44. The van der Waals surface area contributed by atoms with Crippen LogP contribution in [0.1, 0.15) is 27.0 Å². The summed E-state index contributed by atoms with van der Waals surface area (Å²) in [5.41, 5.74) is 3.69. The van der Waals surface area contributed by atoms with Crippen molar-refractivity contribution >= 4 is 29.5 Å². The minimum absolute atomic E-state index is 0.00625. The van der Waals surface area contributed by atoms with Crippen molar-refractivity contribution in [3.05, 3.63) is 70.8 Å². The molecule has 7 heteroatoms. The van der Waals surface area contributed by atoms with Gasteiger partial charge >= 0.3 is 0 Å². The van der Waals surface area contributed by atoms with E-state index in [9.17, 15) is 14.4 Å². The molecule has 0 unspecified atom stereocenters. The van der Waals surface area contributed by atoms with E-state index in [0.717, 1.165) is 16.7 Å². The molecule has 0 saturated carbocycles. The third kappa shape index (κ3) is 4.29. The highest BCUT2D eigenvalue weighted by atomic mass is 32.2. The Morgan fingerprint density at radius 2 is 1.93 bits per heavy atom. The molecule has 2 fully saturated rings. The largest absolute Gasteiger partial charge is 0.348 e. The quantitative estimate of drug-likeness (QED) is 0.822. The lowest BCUT2D eigenvalue weighted by molar-refractivity contribution is -0.153. The van der Waals surface area contributed by atoms with Crippen LogP contribution in [0, 0.1) is 6.92 Å². The van der Waals surface area contributed by atoms with Crippen LogP contribution in [0.15, 0.2) is 48.5 Å². The minimum Gasteiger partial charge on any atom is -0.348 e. The molecule has 2 aromatic rings. The monoisotopic (exact) mass is 409 g/mol. The van der Waals surface area contributed by atoms with Gasteiger partial charge in [-0.2, -0.15) is 0 Å². The van der Waals surface area contributed by atoms with Crippen LogP contribution < -0.4 is 5.32 Å². The first-order valence-corrected chi connectivity index (χ1v) is 10.8. The van der Waals surface area contributed by atoms with Gasteiger partial charge in [-0.25, -0.2) is 0 Å². The molecule has 1 N–H and O–H groups in total. The molecular formula is C22H23N3O3S. The molecule has 4 rings (SSSR count). The zero-order valence-corrected chi connectivity index (χ0v) is 17.1. The van der Waals surface area contributed by atoms with Gasteiger partial charge in [0, 0.05) is 24.4 Å². The summed E-state index contributed by atoms with van der Waals surface area (Å²) < 4.78 is 0. The maximum atomic E-state index is 12.6. The third-order valence-corrected chi connectivity index (χ3v) is 6.26. The van der Waals surface area contributed by atoms with Gasteiger partial charge in [-0.1, -0.05) is 42.0 Å². The van der Waals surface area contributed by atoms with Gasteiger partial charge in [-0.3, -0.25) is 14.4 Å². The van der Waals surface area contributed by atoms with Gasteiger partial charge in [0.15, 0.2) is 0 Å². The van der Waals surface area contributed by atoms with Crippen LogP contribution in [0.3, 0.4) is 0 Å². The van der Waals surface area contributed by atoms with E-state index in [-0.39, 0.29) is 30.3 Å². The maximum Gasteiger partial charge on any atom is 0.251 e. The fraction of sp³-hybridized carbons (Fsp3) is 0.318. The van der Waals surface area contributed by atoms with Crippen LogP contribution in [0.4, 0.5) is 0 Å². The van der Waals surface area contributed by atoms with Gasteiger partial charge < -0.3 is 15.1 Å². The summed E-state index contributed by atoms with van der Waals surface area (Å²) in [5.74, 6) is 1.15. The highest BCUT2D eigenvalue weighted by Gasteiger charge is 2.42. The summed E-state index contributed by atoms with van der Waals surface area (Å²) in [6, 6.07) is 14.9. The lowest BCUT2D eigenvalue weighted by atomic mass is 10.1. The molecule has 2 aromatic carbocycles. The number of rotatable bonds is 5. The third-order valence-electron chi connectivity index (χ3n) is 5.25. The van der Waals surface area contributed by atoms with Crippen LogP contribution in [-0.4, -0.2) is 51.7 Å². The van der Waals surface area contributed by atoms with Crippen molar-refractivity contribution < 1.29 is 14.4 Å². The van der Waals surface area contributed by atoms with E-state index in [4.69, 9.17) is 0 Å². The second kappa shape index (κ2) is 8.29. The van der Waals surface area contributed by atoms with Crippen molar-refractivity contribution in [2.45, 2.75) is 26.1 Å². The average Bonchev–Trinajstić information content (AvgIpc) is 3.21. The lowest BCUT2D eigenvalue weighted by Gasteiger charge is -2.35. The number of amides is 3. The van der Waals surface area contributed by atoms with Crippen LogP contribution in [0.2, 0.25) is 0 Å². The predicted octanol–water partition coefficient (Wildman–Crippen LogP) is 2.17. The van der Waals surface area contributed by atoms with E-state index in [1.807, 2.05) is 43.3 Å². The number of piperazine rings is 1. The molecule has 2 aliphatic rings. The number of benzene rings is 2. The van der Waals surface area contributed by atoms with Crippen LogP contribution in [-0.2, 0) is 22.7 Å². The zero-order valence-electron chi connectivity index (χ0n) is 16.3. The number of nitrogens with zero attached hydrogens (tertiary/aromatic N) is 2. The van der Waals surface area contributed by atoms with Gasteiger partial charge in [0.05, 0.1) is 5.88 Å². The molecule has 29 heavy (non-hydrogen) atoms. The lowest BCUT2D eigenvalue weighted by Crippen LogP contribution is -2.57. The number of nitrogens with one attached hydrogen (secondary N) is 1. The molecule has 1 atom stereocenters. The summed E-state index contributed by atoms with van der Waals surface area (Å²) in [5, 5.41) is 2.93. The first kappa shape index (κ1) is 19.5. The Morgan fingerprint density at radius 1 is 1.14 bits per heavy atom. The number of carbonyl (C=O) groups is 3. The molecule has 150 valence electrons. The Labute approximate surface area is 174 Å². The molecule has 0 aliphatic carbocycles. The van der Waals surface area contributed by atoms with Crippen molar-refractivity contribution in [3.8, 4) is 0 Å². The molecule has 0 bridgehead atoms. The standard InChI is InChI=1S/C22H23N3O3S/c1-15-3-2-4-17(9-15)10-23-21(27)18-7-5-16(6-8-18)11-24-12-20(26)25-14-29-13-19(25)22(24)28/h2-9,19H,10-14H2,1H3,(H,23,27)/t19-/m0/s1. The molecule has 3 amide bonds. The number of hydrogen-bond acceptors (Lipinski definition) is 4. The van der Waals surface area contributed by atoms with E-state index in [1.54, 1.807) is 33.7 Å². The zero-order chi connectivity index (χ0) is 20.4. The normalized spacial score (nSPS) is 18.7. The number of carbonyl (C=O) groups excluding carboxylic acids is 3. The molecule has 2 aliphatic heterocycles. The van der Waals surface area contributed by atoms with Crippen LogP contribution in [0.5, 0.6) is 0 Å². The van der Waals surface area contributed by atoms with Gasteiger partial charge in [0.1, 0.15) is 12.6 Å². The molecule has 0 spiro atoms. The van der Waals surface area contributed by atoms with Gasteiger partial charge in [0.25, 0.3) is 5.91 Å². The van der Waals surface area contributed by atoms with Crippen molar-refractivity contribution in [1.29, 1.82) is 0 Å². The Hall–Kier alpha value is -2.80. The van der Waals surface area contributed by atoms with E-state index < -0.39 is 0 Å². The van der Waals surface area contributed by atoms with Crippen molar-refractivity contribution in [2.24, 2.45) is 0 Å². The molecule has 2 saturated heterocycles. The smallest absolute Gasteiger partial charge is 0.251 e. The number of hydrogen-bond donors (Lipinski definition) is 1. The minimum atomic E-state index is -0.326. The SMILES string of the molecule is Cc1cccc(CNC(=O)c2ccc(CN3CC(=O)N4CSC[C@H]4C3=O)cc2)c1. The molecule has 2 heterocycles. The van der Waals surface area contributed by atoms with Gasteiger partial charge in [-0.05, 0) is 30.2 Å². The van der Waals surface area contributed by atoms with E-state index in [0.29, 0.717) is 30.3 Å². The van der Waals surface area contributed by atoms with Crippen LogP contribution in [0.25, 0.3) is 0 Å². The first-order chi connectivity index (χ1) is 14.0. The van der Waals surface area contributed by atoms with E-state index in [2.05, 4.69) is 5.32 Å². The predicted molar refractivity (Wildman–Crippen MR) is 112 cm³/mol. The highest BCUT2D eigenvalue weighted by molar-refractivity contribution is 7.99. The number of thioether (sulfide) groups is 1. The Morgan fingerprint density at radius 3 is 2.69 bits per heavy atom. The Kier molecular flexibility index (Phi) is 5.58. The van der Waals surface area contributed by atoms with Gasteiger partial charge in [-0.15, -0.1) is 11.8 Å². The second-order valence-electron chi connectivity index (χ2n) is 7.44. The maximum absolute atomic E-state index is 12.6. The summed E-state index contributed by atoms with van der Waals surface area (Å²) in [4.78, 5) is 40.6. The molecule has 0 aromatic heterocycles. The van der Waals surface area contributed by atoms with Crippen molar-refractivity contribution in [1.82, 2.24) is 15.1 Å². The Balaban J connectivity index is 1.35. The molecular weight excluding hydrogens is 386 g/mol. The van der Waals surface area contributed by atoms with Gasteiger partial charge in [0.2, 0.25) is 11.8 Å². The summed E-state index contributed by atoms with van der Waals surface area (Å²) >= 11 is 1.62. The van der Waals surface area contributed by atoms with Crippen molar-refractivity contribution in [2.75, 3.05) is 18.2 Å². The number of fused-ring (bicyclic) bond motifs is 1.